The number of rotatable bonds is 2. The predicted molar refractivity (Wildman–Crippen MR) is 81.4 cm³/mol. The van der Waals surface area contributed by atoms with Crippen LogP contribution in [0.3, 0.4) is 0 Å². The van der Waals surface area contributed by atoms with E-state index >= 15 is 0 Å². The highest BCUT2D eigenvalue weighted by Crippen LogP contribution is 2.22. The van der Waals surface area contributed by atoms with Gasteiger partial charge >= 0.3 is 0 Å². The number of piperidine rings is 1. The van der Waals surface area contributed by atoms with Crippen molar-refractivity contribution in [1.82, 2.24) is 15.2 Å². The largest absolute Gasteiger partial charge is 0.354 e. The van der Waals surface area contributed by atoms with E-state index in [1.54, 1.807) is 10.6 Å². The van der Waals surface area contributed by atoms with E-state index in [-0.39, 0.29) is 11.8 Å². The standard InChI is InChI=1S/C15H16ClN3O2/c1-19-12-8-10(16)5-4-9(12)7-13(19)15(21)18-11-3-2-6-17-14(11)20/h4-5,7-8,11H,2-3,6H2,1H3,(H,17,20)(H,18,21). The fourth-order valence-electron chi connectivity index (χ4n) is 2.66. The molecule has 1 aliphatic heterocycles. The van der Waals surface area contributed by atoms with Crippen molar-refractivity contribution in [3.05, 3.63) is 35.0 Å². The number of benzene rings is 1. The SMILES string of the molecule is Cn1c(C(=O)NC2CCCNC2=O)cc2ccc(Cl)cc21. The van der Waals surface area contributed by atoms with E-state index in [0.29, 0.717) is 23.7 Å². The van der Waals surface area contributed by atoms with Crippen molar-refractivity contribution in [3.63, 3.8) is 0 Å². The van der Waals surface area contributed by atoms with Gasteiger partial charge in [-0.2, -0.15) is 0 Å². The number of carbonyl (C=O) groups excluding carboxylic acids is 2. The molecule has 2 heterocycles. The van der Waals surface area contributed by atoms with E-state index in [4.69, 9.17) is 11.6 Å². The Kier molecular flexibility index (Phi) is 3.59. The lowest BCUT2D eigenvalue weighted by atomic mass is 10.1. The summed E-state index contributed by atoms with van der Waals surface area (Å²) in [5.74, 6) is -0.358. The Hall–Kier alpha value is -2.01. The third-order valence-corrected chi connectivity index (χ3v) is 4.07. The summed E-state index contributed by atoms with van der Waals surface area (Å²) in [4.78, 5) is 24.1. The fraction of sp³-hybridized carbons (Fsp3) is 0.333. The number of amides is 2. The summed E-state index contributed by atoms with van der Waals surface area (Å²) < 4.78 is 1.79. The zero-order chi connectivity index (χ0) is 15.0. The van der Waals surface area contributed by atoms with Gasteiger partial charge in [0.1, 0.15) is 11.7 Å². The lowest BCUT2D eigenvalue weighted by molar-refractivity contribution is -0.124. The van der Waals surface area contributed by atoms with Crippen LogP contribution in [0.1, 0.15) is 23.3 Å². The Morgan fingerprint density at radius 2 is 2.24 bits per heavy atom. The Morgan fingerprint density at radius 3 is 3.00 bits per heavy atom. The third kappa shape index (κ3) is 2.61. The smallest absolute Gasteiger partial charge is 0.268 e. The van der Waals surface area contributed by atoms with Crippen LogP contribution in [0.15, 0.2) is 24.3 Å². The molecule has 0 saturated carbocycles. The van der Waals surface area contributed by atoms with Crippen molar-refractivity contribution in [1.29, 1.82) is 0 Å². The predicted octanol–water partition coefficient (Wildman–Crippen LogP) is 1.84. The number of hydrogen-bond acceptors (Lipinski definition) is 2. The first-order valence-electron chi connectivity index (χ1n) is 6.90. The van der Waals surface area contributed by atoms with Gasteiger partial charge in [0, 0.05) is 29.5 Å². The quantitative estimate of drug-likeness (QED) is 0.889. The zero-order valence-corrected chi connectivity index (χ0v) is 12.4. The number of hydrogen-bond donors (Lipinski definition) is 2. The first kappa shape index (κ1) is 13.9. The summed E-state index contributed by atoms with van der Waals surface area (Å²) in [6, 6.07) is 6.85. The molecular weight excluding hydrogens is 290 g/mol. The molecule has 110 valence electrons. The van der Waals surface area contributed by atoms with Crippen molar-refractivity contribution in [2.45, 2.75) is 18.9 Å². The lowest BCUT2D eigenvalue weighted by Gasteiger charge is -2.22. The second-order valence-corrected chi connectivity index (χ2v) is 5.69. The first-order valence-corrected chi connectivity index (χ1v) is 7.27. The van der Waals surface area contributed by atoms with Gasteiger partial charge in [0.05, 0.1) is 0 Å². The number of nitrogens with zero attached hydrogens (tertiary/aromatic N) is 1. The summed E-state index contributed by atoms with van der Waals surface area (Å²) in [7, 11) is 1.81. The Morgan fingerprint density at radius 1 is 1.43 bits per heavy atom. The molecule has 1 aromatic carbocycles. The Bertz CT molecular complexity index is 723. The van der Waals surface area contributed by atoms with Crippen LogP contribution in [0.4, 0.5) is 0 Å². The van der Waals surface area contributed by atoms with Gasteiger partial charge in [-0.15, -0.1) is 0 Å². The van der Waals surface area contributed by atoms with Gasteiger partial charge in [-0.05, 0) is 31.0 Å². The minimum Gasteiger partial charge on any atom is -0.354 e. The molecule has 2 N–H and O–H groups in total. The first-order chi connectivity index (χ1) is 10.1. The van der Waals surface area contributed by atoms with Crippen molar-refractivity contribution < 1.29 is 9.59 Å². The number of fused-ring (bicyclic) bond motifs is 1. The Labute approximate surface area is 127 Å². The van der Waals surface area contributed by atoms with E-state index in [1.165, 1.54) is 0 Å². The van der Waals surface area contributed by atoms with Gasteiger partial charge in [-0.1, -0.05) is 17.7 Å². The van der Waals surface area contributed by atoms with Gasteiger partial charge in [-0.25, -0.2) is 0 Å². The highest BCUT2D eigenvalue weighted by molar-refractivity contribution is 6.31. The molecule has 0 bridgehead atoms. The van der Waals surface area contributed by atoms with E-state index in [9.17, 15) is 9.59 Å². The molecule has 3 rings (SSSR count). The maximum absolute atomic E-state index is 12.4. The highest BCUT2D eigenvalue weighted by Gasteiger charge is 2.25. The van der Waals surface area contributed by atoms with Gasteiger partial charge in [-0.3, -0.25) is 9.59 Å². The van der Waals surface area contributed by atoms with Crippen LogP contribution in [0.25, 0.3) is 10.9 Å². The molecule has 2 amide bonds. The fourth-order valence-corrected chi connectivity index (χ4v) is 2.83. The van der Waals surface area contributed by atoms with Gasteiger partial charge in [0.2, 0.25) is 5.91 Å². The van der Waals surface area contributed by atoms with Gasteiger partial charge in [0.15, 0.2) is 0 Å². The molecule has 1 aromatic heterocycles. The van der Waals surface area contributed by atoms with Crippen LogP contribution < -0.4 is 10.6 Å². The summed E-state index contributed by atoms with van der Waals surface area (Å²) in [5, 5.41) is 7.13. The van der Waals surface area contributed by atoms with Crippen LogP contribution >= 0.6 is 11.6 Å². The number of halogens is 1. The molecule has 0 spiro atoms. The monoisotopic (exact) mass is 305 g/mol. The number of carbonyl (C=O) groups is 2. The van der Waals surface area contributed by atoms with Crippen LogP contribution in [-0.2, 0) is 11.8 Å². The highest BCUT2D eigenvalue weighted by atomic mass is 35.5. The summed E-state index contributed by atoms with van der Waals surface area (Å²) in [6.45, 7) is 0.678. The molecule has 1 fully saturated rings. The molecule has 5 nitrogen and oxygen atoms in total. The minimum atomic E-state index is -0.451. The van der Waals surface area contributed by atoms with Crippen LogP contribution in [0.2, 0.25) is 5.02 Å². The third-order valence-electron chi connectivity index (χ3n) is 3.83. The molecule has 1 aliphatic rings. The lowest BCUT2D eigenvalue weighted by Crippen LogP contribution is -2.50. The molecule has 21 heavy (non-hydrogen) atoms. The second kappa shape index (κ2) is 5.41. The zero-order valence-electron chi connectivity index (χ0n) is 11.6. The number of nitrogens with one attached hydrogen (secondary N) is 2. The molecule has 0 aliphatic carbocycles. The van der Waals surface area contributed by atoms with Crippen molar-refractivity contribution in [2.24, 2.45) is 7.05 Å². The molecule has 1 unspecified atom stereocenters. The van der Waals surface area contributed by atoms with E-state index in [1.807, 2.05) is 25.2 Å². The Balaban J connectivity index is 1.87. The maximum Gasteiger partial charge on any atom is 0.268 e. The van der Waals surface area contributed by atoms with E-state index in [2.05, 4.69) is 10.6 Å². The topological polar surface area (TPSA) is 63.1 Å². The van der Waals surface area contributed by atoms with Crippen molar-refractivity contribution in [3.8, 4) is 0 Å². The second-order valence-electron chi connectivity index (χ2n) is 5.25. The van der Waals surface area contributed by atoms with Crippen LogP contribution in [0.5, 0.6) is 0 Å². The molecule has 6 heteroatoms. The van der Waals surface area contributed by atoms with E-state index in [0.717, 1.165) is 17.3 Å². The average molecular weight is 306 g/mol. The molecule has 0 radical (unpaired) electrons. The molecule has 1 atom stereocenters. The van der Waals surface area contributed by atoms with Crippen LogP contribution in [-0.4, -0.2) is 29.0 Å². The summed E-state index contributed by atoms with van der Waals surface area (Å²) >= 11 is 5.99. The summed E-state index contributed by atoms with van der Waals surface area (Å²) in [6.07, 6.45) is 1.55. The molecule has 2 aromatic rings. The molecule has 1 saturated heterocycles. The average Bonchev–Trinajstić information content (AvgIpc) is 2.79. The molecular formula is C15H16ClN3O2. The van der Waals surface area contributed by atoms with E-state index < -0.39 is 6.04 Å². The van der Waals surface area contributed by atoms with Crippen molar-refractivity contribution >= 4 is 34.3 Å². The van der Waals surface area contributed by atoms with Gasteiger partial charge < -0.3 is 15.2 Å². The summed E-state index contributed by atoms with van der Waals surface area (Å²) in [5.41, 5.74) is 1.41. The van der Waals surface area contributed by atoms with Gasteiger partial charge in [0.25, 0.3) is 5.91 Å². The normalized spacial score (nSPS) is 18.6. The van der Waals surface area contributed by atoms with Crippen LogP contribution in [0, 0.1) is 0 Å². The number of aryl methyl sites for hydroxylation is 1. The number of aromatic nitrogens is 1. The van der Waals surface area contributed by atoms with Crippen molar-refractivity contribution in [2.75, 3.05) is 6.54 Å². The maximum atomic E-state index is 12.4. The minimum absolute atomic E-state index is 0.114.